The molecule has 1 aromatic heterocycles. The fourth-order valence-corrected chi connectivity index (χ4v) is 8.05. The van der Waals surface area contributed by atoms with Gasteiger partial charge >= 0.3 is 16.3 Å². The molecule has 2 fully saturated rings. The van der Waals surface area contributed by atoms with Crippen molar-refractivity contribution in [2.45, 2.75) is 95.9 Å². The average Bonchev–Trinajstić information content (AvgIpc) is 3.59. The van der Waals surface area contributed by atoms with Crippen LogP contribution in [0.1, 0.15) is 70.8 Å². The number of nitrogens with one attached hydrogen (secondary N) is 4. The lowest BCUT2D eigenvalue weighted by Crippen LogP contribution is -2.59. The molecule has 0 spiro atoms. The Morgan fingerprint density at radius 3 is 2.53 bits per heavy atom. The third kappa shape index (κ3) is 9.98. The largest absolute Gasteiger partial charge is 0.496 e. The van der Waals surface area contributed by atoms with Crippen LogP contribution in [0.3, 0.4) is 0 Å². The predicted octanol–water partition coefficient (Wildman–Crippen LogP) is 2.58. The number of nitrogens with zero attached hydrogens (tertiary/aromatic N) is 2. The Labute approximate surface area is 322 Å². The van der Waals surface area contributed by atoms with Crippen LogP contribution in [-0.2, 0) is 35.8 Å². The number of carbonyl (C=O) groups excluding carboxylic acids is 4. The molecule has 0 radical (unpaired) electrons. The summed E-state index contributed by atoms with van der Waals surface area (Å²) in [6.45, 7) is 4.05. The summed E-state index contributed by atoms with van der Waals surface area (Å²) in [5, 5.41) is 6.89. The number of carbonyl (C=O) groups is 4. The topological polar surface area (TPSA) is 194 Å². The number of aryl methyl sites for hydroxylation is 1. The van der Waals surface area contributed by atoms with E-state index in [-0.39, 0.29) is 30.9 Å². The number of fused-ring (bicyclic) bond motifs is 3. The van der Waals surface area contributed by atoms with Crippen LogP contribution in [-0.4, -0.2) is 93.7 Å². The van der Waals surface area contributed by atoms with E-state index in [9.17, 15) is 27.6 Å². The molecule has 4 amide bonds. The number of terminal acetylenes is 2. The molecule has 2 aliphatic heterocycles. The number of aromatic nitrogens is 1. The second-order valence-corrected chi connectivity index (χ2v) is 16.7. The van der Waals surface area contributed by atoms with E-state index >= 15 is 0 Å². The summed E-state index contributed by atoms with van der Waals surface area (Å²) < 4.78 is 46.2. The Bertz CT molecular complexity index is 1950. The van der Waals surface area contributed by atoms with Gasteiger partial charge in [0.05, 0.1) is 20.3 Å². The number of amides is 4. The minimum Gasteiger partial charge on any atom is -0.496 e. The highest BCUT2D eigenvalue weighted by Crippen LogP contribution is 2.35. The molecule has 55 heavy (non-hydrogen) atoms. The Morgan fingerprint density at radius 2 is 1.85 bits per heavy atom. The molecule has 1 aliphatic carbocycles. The number of ether oxygens (including phenoxy) is 3. The highest BCUT2D eigenvalue weighted by molar-refractivity contribution is 7.88. The van der Waals surface area contributed by atoms with Crippen LogP contribution >= 0.6 is 0 Å². The fourth-order valence-electron chi connectivity index (χ4n) is 7.55. The van der Waals surface area contributed by atoms with Crippen molar-refractivity contribution in [2.24, 2.45) is 17.3 Å². The van der Waals surface area contributed by atoms with Gasteiger partial charge in [0, 0.05) is 25.1 Å². The Balaban J connectivity index is 1.56. The molecule has 4 bridgehead atoms. The molecule has 4 N–H and O–H groups in total. The van der Waals surface area contributed by atoms with E-state index in [1.165, 1.54) is 4.90 Å². The number of hydrogen-bond donors (Lipinski definition) is 4. The number of benzene rings is 1. The van der Waals surface area contributed by atoms with Gasteiger partial charge in [0.25, 0.3) is 5.91 Å². The lowest BCUT2D eigenvalue weighted by molar-refractivity contribution is -0.142. The van der Waals surface area contributed by atoms with Crippen molar-refractivity contribution >= 4 is 44.8 Å². The number of cyclic esters (lactones) is 1. The number of rotatable bonds is 8. The molecule has 5 rings (SSSR count). The fraction of sp³-hybridized carbons (Fsp3) is 0.564. The minimum atomic E-state index is -4.30. The summed E-state index contributed by atoms with van der Waals surface area (Å²) in [6.07, 6.45) is 17.5. The first kappa shape index (κ1) is 41.1. The van der Waals surface area contributed by atoms with Gasteiger partial charge in [0.1, 0.15) is 35.9 Å². The first-order valence-electron chi connectivity index (χ1n) is 18.5. The van der Waals surface area contributed by atoms with Crippen LogP contribution < -0.4 is 29.6 Å². The number of pyridine rings is 1. The van der Waals surface area contributed by atoms with E-state index in [1.807, 2.05) is 36.8 Å². The minimum absolute atomic E-state index is 0.0470. The zero-order valence-electron chi connectivity index (χ0n) is 31.7. The van der Waals surface area contributed by atoms with Gasteiger partial charge in [-0.05, 0) is 72.6 Å². The van der Waals surface area contributed by atoms with Crippen molar-refractivity contribution in [2.75, 3.05) is 27.3 Å². The predicted molar refractivity (Wildman–Crippen MR) is 204 cm³/mol. The van der Waals surface area contributed by atoms with Crippen LogP contribution in [0.2, 0.25) is 0 Å². The molecular formula is C39H50N6O9S. The average molecular weight is 779 g/mol. The zero-order chi connectivity index (χ0) is 39.9. The van der Waals surface area contributed by atoms with Gasteiger partial charge in [-0.15, -0.1) is 12.8 Å². The van der Waals surface area contributed by atoms with Gasteiger partial charge in [-0.25, -0.2) is 19.2 Å². The molecule has 2 aromatic rings. The Hall–Kier alpha value is -5.06. The molecule has 1 saturated carbocycles. The maximum Gasteiger partial charge on any atom is 0.407 e. The van der Waals surface area contributed by atoms with Gasteiger partial charge in [-0.3, -0.25) is 14.4 Å². The lowest BCUT2D eigenvalue weighted by atomic mass is 9.83. The van der Waals surface area contributed by atoms with Gasteiger partial charge < -0.3 is 29.7 Å². The summed E-state index contributed by atoms with van der Waals surface area (Å²) in [5.41, 5.74) is 0.544. The third-order valence-corrected chi connectivity index (χ3v) is 11.6. The van der Waals surface area contributed by atoms with Crippen LogP contribution in [0.25, 0.3) is 10.8 Å². The lowest BCUT2D eigenvalue weighted by Gasteiger charge is -2.35. The molecule has 296 valence electrons. The van der Waals surface area contributed by atoms with Gasteiger partial charge in [0.15, 0.2) is 0 Å². The van der Waals surface area contributed by atoms with Crippen LogP contribution in [0.15, 0.2) is 24.4 Å². The summed E-state index contributed by atoms with van der Waals surface area (Å²) >= 11 is 0. The molecule has 3 heterocycles. The number of hydrogen-bond acceptors (Lipinski definition) is 10. The van der Waals surface area contributed by atoms with E-state index in [0.29, 0.717) is 36.3 Å². The van der Waals surface area contributed by atoms with E-state index in [4.69, 9.17) is 27.1 Å². The van der Waals surface area contributed by atoms with E-state index in [0.717, 1.165) is 50.1 Å². The van der Waals surface area contributed by atoms with E-state index in [1.54, 1.807) is 18.0 Å². The van der Waals surface area contributed by atoms with Crippen molar-refractivity contribution in [3.8, 4) is 36.3 Å². The zero-order valence-corrected chi connectivity index (χ0v) is 32.5. The summed E-state index contributed by atoms with van der Waals surface area (Å²) in [5.74, 6) is 1.36. The van der Waals surface area contributed by atoms with Gasteiger partial charge in [-0.1, -0.05) is 45.0 Å². The van der Waals surface area contributed by atoms with Crippen molar-refractivity contribution in [1.29, 1.82) is 0 Å². The molecule has 1 unspecified atom stereocenters. The van der Waals surface area contributed by atoms with Gasteiger partial charge in [-0.2, -0.15) is 8.42 Å². The van der Waals surface area contributed by atoms with Gasteiger partial charge in [0.2, 0.25) is 17.7 Å². The Kier molecular flexibility index (Phi) is 13.2. The molecule has 1 aromatic carbocycles. The Morgan fingerprint density at radius 1 is 1.13 bits per heavy atom. The molecule has 16 heteroatoms. The van der Waals surface area contributed by atoms with Crippen LogP contribution in [0.4, 0.5) is 4.79 Å². The standard InChI is InChI=1S/C39H50N6O9S/c1-7-24(8-2)32(35(47)44-55(50,51)40-5)42-34(46)30-21-28-22-45(30)37(48)33(25-13-10-9-11-14-25)43-38(49)53-23-39(3,4)17-12-15-27-19-29-26(20-31(27)52-6)16-18-41-36(29)54-28/h1-2,16,18-20,24-25,28,30,32-33,40H,9-15,17,21-23H2,3-6H3,(H,42,46)(H,43,49)(H,44,47)/t28-,30+,32?,33+/m1/s1. The SMILES string of the molecule is C#CC(C#C)C(NC(=O)[C@@H]1C[C@@H]2CN1C(=O)[C@H](C1CCCCC1)NC(=O)OCC(C)(C)CCCc1cc3c(nccc3cc1OC)O2)C(=O)NS(=O)(=O)NC. The summed E-state index contributed by atoms with van der Waals surface area (Å²) in [7, 11) is -1.60. The molecule has 4 atom stereocenters. The number of methoxy groups -OCH3 is 1. The number of alkyl carbamates (subject to hydrolysis) is 1. The molecule has 3 aliphatic rings. The van der Waals surface area contributed by atoms with Crippen molar-refractivity contribution in [3.63, 3.8) is 0 Å². The maximum atomic E-state index is 14.7. The second-order valence-electron chi connectivity index (χ2n) is 15.1. The third-order valence-electron chi connectivity index (χ3n) is 10.6. The maximum absolute atomic E-state index is 14.7. The van der Waals surface area contributed by atoms with Crippen molar-refractivity contribution in [3.05, 3.63) is 30.0 Å². The van der Waals surface area contributed by atoms with E-state index < -0.39 is 64.2 Å². The summed E-state index contributed by atoms with van der Waals surface area (Å²) in [4.78, 5) is 61.5. The van der Waals surface area contributed by atoms with Crippen molar-refractivity contribution in [1.82, 2.24) is 30.0 Å². The normalized spacial score (nSPS) is 22.9. The first-order valence-corrected chi connectivity index (χ1v) is 20.0. The second kappa shape index (κ2) is 17.6. The molecule has 15 nitrogen and oxygen atoms in total. The summed E-state index contributed by atoms with van der Waals surface area (Å²) in [6, 6.07) is 1.76. The smallest absolute Gasteiger partial charge is 0.407 e. The molecule has 1 saturated heterocycles. The quantitative estimate of drug-likeness (QED) is 0.290. The highest BCUT2D eigenvalue weighted by atomic mass is 32.2. The first-order chi connectivity index (χ1) is 26.2. The van der Waals surface area contributed by atoms with Crippen LogP contribution in [0.5, 0.6) is 11.6 Å². The van der Waals surface area contributed by atoms with Crippen molar-refractivity contribution < 1.29 is 41.8 Å². The highest BCUT2D eigenvalue weighted by Gasteiger charge is 2.46. The molecular weight excluding hydrogens is 729 g/mol. The van der Waals surface area contributed by atoms with E-state index in [2.05, 4.69) is 27.5 Å². The monoisotopic (exact) mass is 778 g/mol. The van der Waals surface area contributed by atoms with Crippen LogP contribution in [0, 0.1) is 41.9 Å².